The Morgan fingerprint density at radius 3 is 1.15 bits per heavy atom. The van der Waals surface area contributed by atoms with Crippen LogP contribution in [-0.4, -0.2) is 234 Å². The number of halogens is 4. The largest absolute Gasteiger partial charge is 0.476 e. The highest BCUT2D eigenvalue weighted by Gasteiger charge is 2.61. The topological polar surface area (TPSA) is 444 Å². The zero-order chi connectivity index (χ0) is 105. The number of benzene rings is 9. The van der Waals surface area contributed by atoms with Gasteiger partial charge in [-0.15, -0.1) is 15.3 Å². The molecule has 0 saturated carbocycles. The summed E-state index contributed by atoms with van der Waals surface area (Å²) in [4.78, 5) is 158. The molecule has 9 atom stereocenters. The van der Waals surface area contributed by atoms with Gasteiger partial charge in [-0.25, -0.2) is 32.0 Å². The van der Waals surface area contributed by atoms with Gasteiger partial charge in [0, 0.05) is 83.1 Å². The molecule has 0 aliphatic carbocycles. The quantitative estimate of drug-likeness (QED) is 0.0469. The van der Waals surface area contributed by atoms with E-state index < -0.39 is 99.6 Å². The Bertz CT molecular complexity index is 7110. The maximum Gasteiger partial charge on any atom is 0.358 e. The van der Waals surface area contributed by atoms with Gasteiger partial charge in [0.15, 0.2) is 17.1 Å². The number of aromatic nitrogens is 9. The lowest BCUT2D eigenvalue weighted by molar-refractivity contribution is -0.141. The van der Waals surface area contributed by atoms with Gasteiger partial charge in [-0.05, 0) is 244 Å². The first-order valence-corrected chi connectivity index (χ1v) is 50.2. The van der Waals surface area contributed by atoms with E-state index in [9.17, 15) is 71.2 Å². The number of nitrogens with one attached hydrogen (secondary N) is 4. The van der Waals surface area contributed by atoms with Crippen molar-refractivity contribution < 1.29 is 71.0 Å². The fourth-order valence-electron chi connectivity index (χ4n) is 21.2. The molecule has 3 spiro atoms. The summed E-state index contributed by atoms with van der Waals surface area (Å²) >= 11 is 5.76. The van der Waals surface area contributed by atoms with Crippen molar-refractivity contribution in [3.8, 4) is 23.1 Å². The summed E-state index contributed by atoms with van der Waals surface area (Å²) in [6.45, 7) is 5.38. The molecule has 3 fully saturated rings. The van der Waals surface area contributed by atoms with E-state index in [1.165, 1.54) is 126 Å². The second-order valence-electron chi connectivity index (χ2n) is 39.3. The predicted molar refractivity (Wildman–Crippen MR) is 548 cm³/mol. The van der Waals surface area contributed by atoms with Gasteiger partial charge >= 0.3 is 5.97 Å². The van der Waals surface area contributed by atoms with Crippen LogP contribution < -0.4 is 32.7 Å². The SMILES string of the molecule is CC(C)=C(Cl)N(C)C.N#C[C@@H]1C[C@]23CN1C(=O)[C@H](Cc1ccccc1)N(C(=O)c1cn(-c4ccc(F)cc4)nn1)CCCCCc1ccc(c2c1)NC3=O.NC(=O)[C@@H]1C[C@]23CN1C(=O)[C@H](Cc1ccccc1)N(C(=O)c1cn(-c4ccc(F)cc4)nn1)CCCCCc1ccc(c2c1)NC3=O.NC(=O)[C@@H]1C[C@]23CN1C(=O)[C@H](Cc1ccccc1)NCCCCCc1ccc(c2c1)NC3=O.O=C(O)c1cn(-c2ccc(F)cc2)nn1. The first-order valence-electron chi connectivity index (χ1n) is 49.8. The summed E-state index contributed by atoms with van der Waals surface area (Å²) in [6.07, 6.45) is 15.6. The molecule has 3 saturated heterocycles. The number of anilines is 3. The van der Waals surface area contributed by atoms with Crippen molar-refractivity contribution >= 4 is 93.7 Å². The van der Waals surface area contributed by atoms with E-state index in [1.54, 1.807) is 9.80 Å². The van der Waals surface area contributed by atoms with Gasteiger partial charge in [0.05, 0.1) is 64.0 Å². The number of aryl methyl sites for hydroxylation is 3. The lowest BCUT2D eigenvalue weighted by Crippen LogP contribution is -2.55. The molecule has 10 amide bonds. The number of primary amides is 2. The molecule has 12 bridgehead atoms. The molecule has 149 heavy (non-hydrogen) atoms. The monoisotopic (exact) mass is 2040 g/mol. The minimum Gasteiger partial charge on any atom is -0.476 e. The summed E-state index contributed by atoms with van der Waals surface area (Å²) in [7, 11) is 3.85. The van der Waals surface area contributed by atoms with Crippen LogP contribution in [0.2, 0.25) is 0 Å². The molecule has 0 unspecified atom stereocenters. The number of carboxylic acid groups (broad SMARTS) is 1. The van der Waals surface area contributed by atoms with Crippen LogP contribution in [0.4, 0.5) is 30.2 Å². The molecule has 9 aliphatic heterocycles. The Hall–Kier alpha value is -16.4. The number of allylic oxidation sites excluding steroid dienone is 1. The average molecular weight is 2040 g/mol. The number of nitrogens with zero attached hydrogens (tertiary/aromatic N) is 16. The number of carbonyl (C=O) groups is 11. The minimum atomic E-state index is -1.15. The Morgan fingerprint density at radius 1 is 0.450 bits per heavy atom. The fraction of sp³-hybridized carbons (Fsp3) is 0.333. The minimum absolute atomic E-state index is 0.0143. The molecule has 9 aliphatic rings. The normalized spacial score (nSPS) is 21.6. The van der Waals surface area contributed by atoms with Crippen molar-refractivity contribution in [2.24, 2.45) is 11.5 Å². The molecule has 768 valence electrons. The number of carboxylic acids is 1. The fourth-order valence-corrected chi connectivity index (χ4v) is 21.2. The van der Waals surface area contributed by atoms with Crippen molar-refractivity contribution in [2.45, 2.75) is 182 Å². The van der Waals surface area contributed by atoms with Gasteiger partial charge in [0.1, 0.15) is 52.8 Å². The van der Waals surface area contributed by atoms with Crippen LogP contribution in [0.5, 0.6) is 0 Å². The summed E-state index contributed by atoms with van der Waals surface area (Å²) in [6, 6.07) is 60.5. The van der Waals surface area contributed by atoms with Crippen LogP contribution in [0.25, 0.3) is 17.1 Å². The zero-order valence-corrected chi connectivity index (χ0v) is 83.5. The summed E-state index contributed by atoms with van der Waals surface area (Å²) in [5.74, 6) is -6.25. The van der Waals surface area contributed by atoms with E-state index in [-0.39, 0.29) is 117 Å². The molecular formula is C111H114ClF3N22O12. The number of rotatable bonds is 15. The van der Waals surface area contributed by atoms with Crippen LogP contribution in [0.15, 0.2) is 248 Å². The van der Waals surface area contributed by atoms with Gasteiger partial charge in [0.2, 0.25) is 47.3 Å². The van der Waals surface area contributed by atoms with Gasteiger partial charge < -0.3 is 67.2 Å². The van der Waals surface area contributed by atoms with Gasteiger partial charge in [-0.2, -0.15) is 5.26 Å². The third-order valence-electron chi connectivity index (χ3n) is 29.0. The van der Waals surface area contributed by atoms with Crippen molar-refractivity contribution in [1.29, 1.82) is 5.26 Å². The molecular weight excluding hydrogens is 1930 g/mol. The van der Waals surface area contributed by atoms with E-state index in [1.807, 2.05) is 160 Å². The lowest BCUT2D eigenvalue weighted by atomic mass is 9.78. The molecule has 21 rings (SSSR count). The molecule has 9 N–H and O–H groups in total. The highest BCUT2D eigenvalue weighted by Crippen LogP contribution is 2.51. The van der Waals surface area contributed by atoms with Crippen LogP contribution in [-0.2, 0) is 93.1 Å². The number of hydrogen-bond donors (Lipinski definition) is 7. The van der Waals surface area contributed by atoms with E-state index >= 15 is 0 Å². The highest BCUT2D eigenvalue weighted by atomic mass is 35.5. The Kier molecular flexibility index (Phi) is 31.6. The zero-order valence-electron chi connectivity index (χ0n) is 82.7. The molecule has 0 radical (unpaired) electrons. The molecule has 9 aromatic carbocycles. The maximum absolute atomic E-state index is 14.8. The van der Waals surface area contributed by atoms with Gasteiger partial charge in [0.25, 0.3) is 11.8 Å². The molecule has 38 heteroatoms. The molecule has 3 aromatic heterocycles. The number of hydrogen-bond acceptors (Lipinski definition) is 20. The lowest BCUT2D eigenvalue weighted by Gasteiger charge is -2.35. The highest BCUT2D eigenvalue weighted by molar-refractivity contribution is 6.29. The number of aromatic carboxylic acids is 1. The Balaban J connectivity index is 0.000000139. The first-order chi connectivity index (χ1) is 71.8. The summed E-state index contributed by atoms with van der Waals surface area (Å²) in [5, 5.41) is 55.6. The average Bonchev–Trinajstić information content (AvgIpc) is 1.57. The van der Waals surface area contributed by atoms with Crippen LogP contribution in [0, 0.1) is 28.8 Å². The third kappa shape index (κ3) is 22.6. The van der Waals surface area contributed by atoms with Crippen LogP contribution in [0.3, 0.4) is 0 Å². The van der Waals surface area contributed by atoms with E-state index in [0.29, 0.717) is 54.2 Å². The Morgan fingerprint density at radius 2 is 0.799 bits per heavy atom. The van der Waals surface area contributed by atoms with Crippen molar-refractivity contribution in [2.75, 3.05) is 69.3 Å². The van der Waals surface area contributed by atoms with Crippen molar-refractivity contribution in [1.82, 2.24) is 79.7 Å². The first kappa shape index (κ1) is 104. The smallest absolute Gasteiger partial charge is 0.358 e. The summed E-state index contributed by atoms with van der Waals surface area (Å²) in [5.41, 5.74) is 21.9. The van der Waals surface area contributed by atoms with Gasteiger partial charge in [-0.1, -0.05) is 174 Å². The van der Waals surface area contributed by atoms with Crippen molar-refractivity contribution in [3.05, 3.63) is 332 Å². The third-order valence-corrected chi connectivity index (χ3v) is 29.7. The second-order valence-corrected chi connectivity index (χ2v) is 39.7. The molecule has 34 nitrogen and oxygen atoms in total. The van der Waals surface area contributed by atoms with E-state index in [0.717, 1.165) is 125 Å². The number of amides is 10. The van der Waals surface area contributed by atoms with Crippen molar-refractivity contribution in [3.63, 3.8) is 0 Å². The van der Waals surface area contributed by atoms with Crippen LogP contribution in [0.1, 0.15) is 172 Å². The van der Waals surface area contributed by atoms with E-state index in [2.05, 4.69) is 76.5 Å². The maximum atomic E-state index is 14.8. The number of nitriles is 1. The summed E-state index contributed by atoms with van der Waals surface area (Å²) < 4.78 is 43.7. The Labute approximate surface area is 863 Å². The number of fused-ring (bicyclic) bond motifs is 6. The number of carbonyl (C=O) groups excluding carboxylic acids is 10. The standard InChI is InChI=1S/C35H34FN7O4.C35H32FN7O3.C26H30N4O3.C9H6FN3O2.C6H12ClN/c36-24-11-13-25(14-12-24)43-20-28(39-40-43)32(45)41-16-6-2-5-9-23-10-15-27-26(17-23)35(34(47)38-27)19-30(31(37)44)42(21-35)33(46)29(41)18-22-7-3-1-4-8-22;36-25-11-13-26(14-12-25)43-21-30(39-40-43)32(44)41-16-6-2-5-9-24-10-15-29-28(17-24)35(34(46)38-29)19-27(20-37)42(22-35)33(45)31(41)18-23-7-3-1-4-8-23;27-23(31)22-15-26-16-30(22)24(32)21(14-17-7-3-1-4-8-17)28-12-6-2-5-9-18-10-11-20(19(26)13-18)29-25(26)33;10-6-1-3-7(4-2-6)13-5-8(9(14)15)11-12-13;1-5(2)6(7)8(3)4/h1,3-4,7-8,10-15,17,20,29-30H,2,5-6,9,16,18-19,21H2,(H2,37,44)(H,38,47);1,3-4,7-8,10-15,17,21,27,31H,2,5-6,9,16,18-19,22H2,(H,38,46);1,3-4,7-8,10-11,13,21-22,28H,2,5-6,9,12,14-16H2,(H2,27,31)(H,29,33);1-5H,(H,14,15);1-4H3/t29-,30-,35-;27-,31-,35-;21-,22-,26-;;/m000../s1. The second kappa shape index (κ2) is 45.3. The number of nitrogens with two attached hydrogens (primary N) is 2. The molecule has 12 aromatic rings. The van der Waals surface area contributed by atoms with Gasteiger partial charge in [-0.3, -0.25) is 47.9 Å². The van der Waals surface area contributed by atoms with Crippen LogP contribution >= 0.6 is 11.6 Å². The van der Waals surface area contributed by atoms with E-state index in [4.69, 9.17) is 28.2 Å². The molecule has 12 heterocycles. The predicted octanol–water partition coefficient (Wildman–Crippen LogP) is 12.4.